The number of hydrogen-bond donors (Lipinski definition) is 2. The highest BCUT2D eigenvalue weighted by Gasteiger charge is 2.19. The summed E-state index contributed by atoms with van der Waals surface area (Å²) in [5.41, 5.74) is -0.219. The Hall–Kier alpha value is -1.01. The van der Waals surface area contributed by atoms with Crippen molar-refractivity contribution in [1.82, 2.24) is 0 Å². The monoisotopic (exact) mass is 266 g/mol. The summed E-state index contributed by atoms with van der Waals surface area (Å²) in [7, 11) is 0. The molecule has 0 aromatic heterocycles. The summed E-state index contributed by atoms with van der Waals surface area (Å²) in [4.78, 5) is 10.3. The molecule has 1 rings (SSSR count). The number of aliphatic carboxylic acids is 1. The Labute approximate surface area is 86.1 Å². The third-order valence-electron chi connectivity index (χ3n) is 1.56. The van der Waals surface area contributed by atoms with Crippen LogP contribution in [0.2, 0.25) is 0 Å². The number of carbonyl (C=O) groups is 1. The van der Waals surface area contributed by atoms with E-state index >= 15 is 0 Å². The Kier molecular flexibility index (Phi) is 3.17. The van der Waals surface area contributed by atoms with E-state index in [1.807, 2.05) is 0 Å². The molecule has 1 atom stereocenters. The summed E-state index contributed by atoms with van der Waals surface area (Å²) < 4.78 is 25.3. The smallest absolute Gasteiger partial charge is 0.337 e. The van der Waals surface area contributed by atoms with E-state index in [2.05, 4.69) is 15.9 Å². The van der Waals surface area contributed by atoms with Crippen LogP contribution in [-0.2, 0) is 4.79 Å². The van der Waals surface area contributed by atoms with E-state index in [4.69, 9.17) is 10.2 Å². The number of halogens is 3. The molecule has 0 spiro atoms. The molecule has 76 valence electrons. The van der Waals surface area contributed by atoms with Gasteiger partial charge in [0.25, 0.3) is 0 Å². The Morgan fingerprint density at radius 2 is 2.00 bits per heavy atom. The molecule has 0 saturated carbocycles. The predicted molar refractivity (Wildman–Crippen MR) is 46.7 cm³/mol. The van der Waals surface area contributed by atoms with Crippen molar-refractivity contribution < 1.29 is 23.8 Å². The molecule has 0 radical (unpaired) electrons. The minimum absolute atomic E-state index is 0.219. The summed E-state index contributed by atoms with van der Waals surface area (Å²) >= 11 is 2.70. The van der Waals surface area contributed by atoms with Crippen LogP contribution < -0.4 is 0 Å². The van der Waals surface area contributed by atoms with E-state index in [0.717, 1.165) is 6.07 Å². The minimum Gasteiger partial charge on any atom is -0.479 e. The van der Waals surface area contributed by atoms with Gasteiger partial charge < -0.3 is 10.2 Å². The zero-order valence-electron chi connectivity index (χ0n) is 6.67. The van der Waals surface area contributed by atoms with Gasteiger partial charge in [-0.25, -0.2) is 13.6 Å². The number of aliphatic hydroxyl groups is 1. The van der Waals surface area contributed by atoms with Crippen molar-refractivity contribution in [3.8, 4) is 0 Å². The zero-order chi connectivity index (χ0) is 10.9. The quantitative estimate of drug-likeness (QED) is 0.804. The van der Waals surface area contributed by atoms with Crippen LogP contribution >= 0.6 is 15.9 Å². The number of rotatable bonds is 2. The summed E-state index contributed by atoms with van der Waals surface area (Å²) in [6, 6.07) is 1.65. The van der Waals surface area contributed by atoms with Crippen molar-refractivity contribution in [2.24, 2.45) is 0 Å². The Bertz CT molecular complexity index is 358. The van der Waals surface area contributed by atoms with Gasteiger partial charge >= 0.3 is 5.97 Å². The van der Waals surface area contributed by atoms with Crippen LogP contribution in [0.1, 0.15) is 11.7 Å². The molecule has 3 nitrogen and oxygen atoms in total. The maximum Gasteiger partial charge on any atom is 0.337 e. The van der Waals surface area contributed by atoms with Gasteiger partial charge in [0.15, 0.2) is 17.7 Å². The number of hydrogen-bond acceptors (Lipinski definition) is 2. The molecule has 1 unspecified atom stereocenters. The van der Waals surface area contributed by atoms with Gasteiger partial charge in [0.05, 0.1) is 4.47 Å². The molecule has 6 heteroatoms. The summed E-state index contributed by atoms with van der Waals surface area (Å²) in [5, 5.41) is 17.4. The van der Waals surface area contributed by atoms with Crippen LogP contribution in [0.5, 0.6) is 0 Å². The summed E-state index contributed by atoms with van der Waals surface area (Å²) in [6.07, 6.45) is -1.86. The third kappa shape index (κ3) is 2.08. The molecule has 1 aromatic carbocycles. The molecule has 14 heavy (non-hydrogen) atoms. The van der Waals surface area contributed by atoms with E-state index in [9.17, 15) is 13.6 Å². The third-order valence-corrected chi connectivity index (χ3v) is 2.13. The van der Waals surface area contributed by atoms with Gasteiger partial charge in [-0.1, -0.05) is 0 Å². The van der Waals surface area contributed by atoms with Gasteiger partial charge in [-0.05, 0) is 33.6 Å². The minimum atomic E-state index is -1.86. The highest BCUT2D eigenvalue weighted by Crippen LogP contribution is 2.24. The van der Waals surface area contributed by atoms with Crippen LogP contribution in [0.4, 0.5) is 8.78 Å². The number of benzene rings is 1. The first-order valence-corrected chi connectivity index (χ1v) is 4.28. The average Bonchev–Trinajstić information content (AvgIpc) is 2.12. The van der Waals surface area contributed by atoms with Crippen molar-refractivity contribution >= 4 is 21.9 Å². The van der Waals surface area contributed by atoms with E-state index in [-0.39, 0.29) is 10.0 Å². The second-order valence-electron chi connectivity index (χ2n) is 2.54. The lowest BCUT2D eigenvalue weighted by atomic mass is 10.1. The van der Waals surface area contributed by atoms with Gasteiger partial charge in [-0.2, -0.15) is 0 Å². The fourth-order valence-electron chi connectivity index (χ4n) is 0.876. The van der Waals surface area contributed by atoms with Gasteiger partial charge in [-0.15, -0.1) is 0 Å². The second kappa shape index (κ2) is 4.02. The first kappa shape index (κ1) is 11.1. The van der Waals surface area contributed by atoms with E-state index in [0.29, 0.717) is 6.07 Å². The lowest BCUT2D eigenvalue weighted by Gasteiger charge is -2.06. The van der Waals surface area contributed by atoms with E-state index in [1.54, 1.807) is 0 Å². The van der Waals surface area contributed by atoms with Crippen LogP contribution in [0.3, 0.4) is 0 Å². The van der Waals surface area contributed by atoms with Crippen molar-refractivity contribution in [2.75, 3.05) is 0 Å². The molecule has 0 fully saturated rings. The van der Waals surface area contributed by atoms with Crippen molar-refractivity contribution in [3.63, 3.8) is 0 Å². The lowest BCUT2D eigenvalue weighted by molar-refractivity contribution is -0.146. The van der Waals surface area contributed by atoms with Crippen LogP contribution in [0, 0.1) is 11.6 Å². The van der Waals surface area contributed by atoms with Gasteiger partial charge in [0.1, 0.15) is 0 Å². The molecule has 0 aliphatic rings. The molecule has 0 aliphatic carbocycles. The molecule has 0 amide bonds. The number of aliphatic hydroxyl groups excluding tert-OH is 1. The molecular weight excluding hydrogens is 262 g/mol. The Balaban J connectivity index is 3.19. The molecular formula is C8H5BrF2O3. The van der Waals surface area contributed by atoms with Crippen molar-refractivity contribution in [2.45, 2.75) is 6.10 Å². The molecule has 0 saturated heterocycles. The molecule has 0 bridgehead atoms. The normalized spacial score (nSPS) is 12.6. The van der Waals surface area contributed by atoms with Gasteiger partial charge in [0.2, 0.25) is 0 Å². The van der Waals surface area contributed by atoms with E-state index < -0.39 is 23.7 Å². The maximum absolute atomic E-state index is 12.8. The first-order chi connectivity index (χ1) is 6.43. The summed E-state index contributed by atoms with van der Waals surface area (Å²) in [5.74, 6) is -3.86. The fourth-order valence-corrected chi connectivity index (χ4v) is 1.33. The fraction of sp³-hybridized carbons (Fsp3) is 0.125. The Morgan fingerprint density at radius 3 is 2.43 bits per heavy atom. The second-order valence-corrected chi connectivity index (χ2v) is 3.39. The number of carboxylic acids is 1. The zero-order valence-corrected chi connectivity index (χ0v) is 8.25. The topological polar surface area (TPSA) is 57.5 Å². The van der Waals surface area contributed by atoms with Crippen LogP contribution in [0.25, 0.3) is 0 Å². The molecule has 2 N–H and O–H groups in total. The SMILES string of the molecule is O=C(O)C(O)c1cc(F)c(F)c(Br)c1. The van der Waals surface area contributed by atoms with Gasteiger partial charge in [-0.3, -0.25) is 0 Å². The molecule has 1 aromatic rings. The van der Waals surface area contributed by atoms with Gasteiger partial charge in [0, 0.05) is 0 Å². The lowest BCUT2D eigenvalue weighted by Crippen LogP contribution is -2.11. The highest BCUT2D eigenvalue weighted by atomic mass is 79.9. The average molecular weight is 267 g/mol. The van der Waals surface area contributed by atoms with Crippen LogP contribution in [-0.4, -0.2) is 16.2 Å². The molecule has 0 heterocycles. The molecule has 0 aliphatic heterocycles. The Morgan fingerprint density at radius 1 is 1.43 bits per heavy atom. The summed E-state index contributed by atoms with van der Waals surface area (Å²) in [6.45, 7) is 0. The van der Waals surface area contributed by atoms with E-state index in [1.165, 1.54) is 0 Å². The maximum atomic E-state index is 12.8. The van der Waals surface area contributed by atoms with Crippen LogP contribution in [0.15, 0.2) is 16.6 Å². The predicted octanol–water partition coefficient (Wildman–Crippen LogP) is 1.85. The standard InChI is InChI=1S/C8H5BrF2O3/c9-4-1-3(7(12)8(13)14)2-5(10)6(4)11/h1-2,7,12H,(H,13,14). The largest absolute Gasteiger partial charge is 0.479 e. The highest BCUT2D eigenvalue weighted by molar-refractivity contribution is 9.10. The number of carboxylic acid groups (broad SMARTS) is 1. The van der Waals surface area contributed by atoms with Crippen molar-refractivity contribution in [1.29, 1.82) is 0 Å². The van der Waals surface area contributed by atoms with Crippen molar-refractivity contribution in [3.05, 3.63) is 33.8 Å². The first-order valence-electron chi connectivity index (χ1n) is 3.48.